The van der Waals surface area contributed by atoms with Gasteiger partial charge in [0.2, 0.25) is 11.8 Å². The van der Waals surface area contributed by atoms with E-state index in [2.05, 4.69) is 12.2 Å². The van der Waals surface area contributed by atoms with E-state index < -0.39 is 0 Å². The number of nitrogens with one attached hydrogen (secondary N) is 1. The molecule has 2 rings (SSSR count). The average molecular weight is 320 g/mol. The maximum atomic E-state index is 12.9. The van der Waals surface area contributed by atoms with Gasteiger partial charge in [-0.05, 0) is 37.5 Å². The lowest BCUT2D eigenvalue weighted by molar-refractivity contribution is -0.129. The lowest BCUT2D eigenvalue weighted by Gasteiger charge is -2.18. The van der Waals surface area contributed by atoms with Crippen molar-refractivity contribution in [1.82, 2.24) is 10.2 Å². The molecule has 2 amide bonds. The third-order valence-corrected chi connectivity index (χ3v) is 4.28. The van der Waals surface area contributed by atoms with Crippen molar-refractivity contribution in [2.45, 2.75) is 45.6 Å². The van der Waals surface area contributed by atoms with E-state index in [1.807, 2.05) is 6.92 Å². The van der Waals surface area contributed by atoms with Crippen LogP contribution in [0.15, 0.2) is 24.3 Å². The first-order valence-electron chi connectivity index (χ1n) is 8.32. The average Bonchev–Trinajstić information content (AvgIpc) is 2.88. The van der Waals surface area contributed by atoms with E-state index >= 15 is 0 Å². The first kappa shape index (κ1) is 17.4. The highest BCUT2D eigenvalue weighted by atomic mass is 19.1. The lowest BCUT2D eigenvalue weighted by atomic mass is 10.1. The van der Waals surface area contributed by atoms with Crippen LogP contribution in [0.4, 0.5) is 4.39 Å². The van der Waals surface area contributed by atoms with Crippen LogP contribution in [0.3, 0.4) is 0 Å². The number of rotatable bonds is 7. The molecule has 0 bridgehead atoms. The molecule has 4 nitrogen and oxygen atoms in total. The zero-order valence-corrected chi connectivity index (χ0v) is 13.8. The second kappa shape index (κ2) is 8.09. The molecule has 0 unspecified atom stereocenters. The van der Waals surface area contributed by atoms with E-state index in [4.69, 9.17) is 0 Å². The number of hydrogen-bond donors (Lipinski definition) is 1. The van der Waals surface area contributed by atoms with Gasteiger partial charge in [0.05, 0.1) is 5.92 Å². The Morgan fingerprint density at radius 3 is 2.74 bits per heavy atom. The minimum Gasteiger partial charge on any atom is -0.353 e. The van der Waals surface area contributed by atoms with Crippen molar-refractivity contribution in [2.24, 2.45) is 5.92 Å². The predicted octanol–water partition coefficient (Wildman–Crippen LogP) is 2.52. The molecule has 0 radical (unpaired) electrons. The Bertz CT molecular complexity index is 544. The summed E-state index contributed by atoms with van der Waals surface area (Å²) in [6.07, 6.45) is 2.93. The molecule has 0 aliphatic carbocycles. The van der Waals surface area contributed by atoms with Gasteiger partial charge in [-0.3, -0.25) is 9.59 Å². The first-order chi connectivity index (χ1) is 11.0. The molecule has 1 N–H and O–H groups in total. The van der Waals surface area contributed by atoms with Crippen molar-refractivity contribution in [1.29, 1.82) is 0 Å². The second-order valence-corrected chi connectivity index (χ2v) is 6.32. The fraction of sp³-hybridized carbons (Fsp3) is 0.556. The highest BCUT2D eigenvalue weighted by molar-refractivity contribution is 5.89. The van der Waals surface area contributed by atoms with Crippen LogP contribution in [0.5, 0.6) is 0 Å². The number of carbonyl (C=O) groups is 2. The van der Waals surface area contributed by atoms with Crippen LogP contribution < -0.4 is 5.32 Å². The maximum Gasteiger partial charge on any atom is 0.225 e. The van der Waals surface area contributed by atoms with E-state index in [-0.39, 0.29) is 36.0 Å². The Labute approximate surface area is 137 Å². The van der Waals surface area contributed by atoms with Gasteiger partial charge in [0.25, 0.3) is 0 Å². The molecular weight excluding hydrogens is 295 g/mol. The molecule has 1 aromatic rings. The molecule has 1 aliphatic heterocycles. The molecule has 2 atom stereocenters. The number of carbonyl (C=O) groups excluding carboxylic acids is 2. The van der Waals surface area contributed by atoms with Crippen molar-refractivity contribution in [3.8, 4) is 0 Å². The summed E-state index contributed by atoms with van der Waals surface area (Å²) in [5.41, 5.74) is 0.990. The van der Waals surface area contributed by atoms with Crippen LogP contribution in [-0.4, -0.2) is 35.8 Å². The van der Waals surface area contributed by atoms with Crippen LogP contribution >= 0.6 is 0 Å². The molecule has 1 aromatic carbocycles. The third kappa shape index (κ3) is 5.05. The Kier molecular flexibility index (Phi) is 6.13. The topological polar surface area (TPSA) is 49.4 Å². The summed E-state index contributed by atoms with van der Waals surface area (Å²) in [6, 6.07) is 6.45. The molecule has 126 valence electrons. The molecule has 1 fully saturated rings. The monoisotopic (exact) mass is 320 g/mol. The molecule has 5 heteroatoms. The number of benzene rings is 1. The molecule has 23 heavy (non-hydrogen) atoms. The van der Waals surface area contributed by atoms with Crippen molar-refractivity contribution in [2.75, 3.05) is 13.1 Å². The van der Waals surface area contributed by atoms with E-state index in [0.717, 1.165) is 18.4 Å². The van der Waals surface area contributed by atoms with Gasteiger partial charge in [-0.25, -0.2) is 4.39 Å². The highest BCUT2D eigenvalue weighted by Gasteiger charge is 2.34. The van der Waals surface area contributed by atoms with Crippen molar-refractivity contribution in [3.05, 3.63) is 35.6 Å². The zero-order valence-electron chi connectivity index (χ0n) is 13.8. The summed E-state index contributed by atoms with van der Waals surface area (Å²) in [5, 5.41) is 2.98. The summed E-state index contributed by atoms with van der Waals surface area (Å²) in [4.78, 5) is 26.0. The standard InChI is InChI=1S/C18H25FN2O2/c1-3-4-13(2)20-18(23)15-11-17(22)21(12-15)10-9-14-5-7-16(19)8-6-14/h5-8,13,15H,3-4,9-12H2,1-2H3,(H,20,23)/t13-,15-/m1/s1. The van der Waals surface area contributed by atoms with Gasteiger partial charge in [0.15, 0.2) is 0 Å². The fourth-order valence-corrected chi connectivity index (χ4v) is 2.94. The van der Waals surface area contributed by atoms with Gasteiger partial charge in [-0.2, -0.15) is 0 Å². The van der Waals surface area contributed by atoms with Crippen LogP contribution in [0.2, 0.25) is 0 Å². The quantitative estimate of drug-likeness (QED) is 0.839. The van der Waals surface area contributed by atoms with Gasteiger partial charge in [-0.1, -0.05) is 25.5 Å². The predicted molar refractivity (Wildman–Crippen MR) is 87.3 cm³/mol. The summed E-state index contributed by atoms with van der Waals surface area (Å²) < 4.78 is 12.9. The first-order valence-corrected chi connectivity index (χ1v) is 8.32. The van der Waals surface area contributed by atoms with E-state index in [0.29, 0.717) is 19.5 Å². The number of amides is 2. The van der Waals surface area contributed by atoms with Crippen LogP contribution in [0.25, 0.3) is 0 Å². The van der Waals surface area contributed by atoms with E-state index in [1.165, 1.54) is 12.1 Å². The normalized spacial score (nSPS) is 19.0. The Morgan fingerprint density at radius 2 is 2.09 bits per heavy atom. The smallest absolute Gasteiger partial charge is 0.225 e. The van der Waals surface area contributed by atoms with Crippen molar-refractivity contribution in [3.63, 3.8) is 0 Å². The fourth-order valence-electron chi connectivity index (χ4n) is 2.94. The van der Waals surface area contributed by atoms with Crippen molar-refractivity contribution >= 4 is 11.8 Å². The molecule has 0 saturated carbocycles. The summed E-state index contributed by atoms with van der Waals surface area (Å²) >= 11 is 0. The Morgan fingerprint density at radius 1 is 1.39 bits per heavy atom. The number of hydrogen-bond acceptors (Lipinski definition) is 2. The zero-order chi connectivity index (χ0) is 16.8. The molecule has 0 spiro atoms. The molecule has 0 aromatic heterocycles. The summed E-state index contributed by atoms with van der Waals surface area (Å²) in [5.74, 6) is -0.516. The largest absolute Gasteiger partial charge is 0.353 e. The van der Waals surface area contributed by atoms with Crippen LogP contribution in [-0.2, 0) is 16.0 Å². The summed E-state index contributed by atoms with van der Waals surface area (Å²) in [7, 11) is 0. The van der Waals surface area contributed by atoms with Gasteiger partial charge < -0.3 is 10.2 Å². The molecular formula is C18H25FN2O2. The minimum absolute atomic E-state index is 0.0235. The van der Waals surface area contributed by atoms with E-state index in [9.17, 15) is 14.0 Å². The Hall–Kier alpha value is -1.91. The summed E-state index contributed by atoms with van der Waals surface area (Å²) in [6.45, 7) is 5.12. The molecule has 1 aliphatic rings. The number of likely N-dealkylation sites (tertiary alicyclic amines) is 1. The maximum absolute atomic E-state index is 12.9. The minimum atomic E-state index is -0.260. The highest BCUT2D eigenvalue weighted by Crippen LogP contribution is 2.19. The Balaban J connectivity index is 1.82. The van der Waals surface area contributed by atoms with Crippen LogP contribution in [0, 0.1) is 11.7 Å². The SMILES string of the molecule is CCC[C@@H](C)NC(=O)[C@@H]1CC(=O)N(CCc2ccc(F)cc2)C1. The third-order valence-electron chi connectivity index (χ3n) is 4.28. The van der Waals surface area contributed by atoms with Crippen molar-refractivity contribution < 1.29 is 14.0 Å². The van der Waals surface area contributed by atoms with Gasteiger partial charge in [0.1, 0.15) is 5.82 Å². The number of halogens is 1. The molecule has 1 heterocycles. The second-order valence-electron chi connectivity index (χ2n) is 6.32. The van der Waals surface area contributed by atoms with Crippen LogP contribution in [0.1, 0.15) is 38.7 Å². The van der Waals surface area contributed by atoms with Gasteiger partial charge >= 0.3 is 0 Å². The van der Waals surface area contributed by atoms with Gasteiger partial charge in [0, 0.05) is 25.6 Å². The lowest BCUT2D eigenvalue weighted by Crippen LogP contribution is -2.38. The number of nitrogens with zero attached hydrogens (tertiary/aromatic N) is 1. The molecule has 1 saturated heterocycles. The van der Waals surface area contributed by atoms with E-state index in [1.54, 1.807) is 17.0 Å². The van der Waals surface area contributed by atoms with Gasteiger partial charge in [-0.15, -0.1) is 0 Å².